The van der Waals surface area contributed by atoms with Gasteiger partial charge < -0.3 is 5.32 Å². The minimum atomic E-state index is -0.236. The molecule has 0 radical (unpaired) electrons. The van der Waals surface area contributed by atoms with Crippen LogP contribution >= 0.6 is 11.3 Å². The summed E-state index contributed by atoms with van der Waals surface area (Å²) in [6.45, 7) is 7.34. The van der Waals surface area contributed by atoms with Crippen LogP contribution in [0.4, 0.5) is 9.52 Å². The van der Waals surface area contributed by atoms with Crippen molar-refractivity contribution in [1.29, 1.82) is 0 Å². The van der Waals surface area contributed by atoms with Gasteiger partial charge in [0.1, 0.15) is 5.82 Å². The van der Waals surface area contributed by atoms with Crippen molar-refractivity contribution in [3.8, 4) is 0 Å². The molecule has 1 aromatic carbocycles. The Morgan fingerprint density at radius 1 is 1.38 bits per heavy atom. The molecule has 0 fully saturated rings. The Balaban J connectivity index is 2.20. The number of nitrogens with one attached hydrogen (secondary N) is 1. The maximum absolute atomic E-state index is 13.0. The molecule has 0 bridgehead atoms. The van der Waals surface area contributed by atoms with Crippen LogP contribution in [-0.4, -0.2) is 11.5 Å². The van der Waals surface area contributed by atoms with Gasteiger partial charge in [0, 0.05) is 12.6 Å². The number of rotatable bonds is 2. The van der Waals surface area contributed by atoms with Crippen LogP contribution in [0, 0.1) is 11.2 Å². The predicted octanol–water partition coefficient (Wildman–Crippen LogP) is 3.89. The van der Waals surface area contributed by atoms with E-state index >= 15 is 0 Å². The molecule has 4 heteroatoms. The summed E-state index contributed by atoms with van der Waals surface area (Å²) in [5.41, 5.74) is 0.935. The molecule has 0 atom stereocenters. The van der Waals surface area contributed by atoms with Crippen LogP contribution < -0.4 is 5.32 Å². The third kappa shape index (κ3) is 2.70. The summed E-state index contributed by atoms with van der Waals surface area (Å²) in [5, 5.41) is 4.14. The van der Waals surface area contributed by atoms with Gasteiger partial charge in [0.25, 0.3) is 0 Å². The molecule has 2 aromatic rings. The van der Waals surface area contributed by atoms with Gasteiger partial charge in [-0.1, -0.05) is 32.1 Å². The van der Waals surface area contributed by atoms with Gasteiger partial charge in [0.15, 0.2) is 5.13 Å². The van der Waals surface area contributed by atoms with E-state index in [1.54, 1.807) is 17.4 Å². The predicted molar refractivity (Wildman–Crippen MR) is 67.5 cm³/mol. The lowest BCUT2D eigenvalue weighted by Gasteiger charge is -2.17. The summed E-state index contributed by atoms with van der Waals surface area (Å²) in [7, 11) is 0. The Morgan fingerprint density at radius 3 is 2.81 bits per heavy atom. The molecule has 0 saturated carbocycles. The minimum absolute atomic E-state index is 0.211. The first-order valence-corrected chi connectivity index (χ1v) is 6.06. The summed E-state index contributed by atoms with van der Waals surface area (Å²) in [6, 6.07) is 4.70. The smallest absolute Gasteiger partial charge is 0.183 e. The van der Waals surface area contributed by atoms with Crippen molar-refractivity contribution in [2.24, 2.45) is 5.41 Å². The average Bonchev–Trinajstić information content (AvgIpc) is 2.55. The minimum Gasteiger partial charge on any atom is -0.361 e. The molecule has 1 aromatic heterocycles. The molecule has 86 valence electrons. The van der Waals surface area contributed by atoms with E-state index in [2.05, 4.69) is 31.1 Å². The molecule has 0 aliphatic rings. The van der Waals surface area contributed by atoms with Crippen LogP contribution in [0.15, 0.2) is 18.2 Å². The van der Waals surface area contributed by atoms with Gasteiger partial charge in [-0.25, -0.2) is 9.37 Å². The summed E-state index contributed by atoms with van der Waals surface area (Å²) >= 11 is 1.56. The molecule has 1 heterocycles. The van der Waals surface area contributed by atoms with Crippen molar-refractivity contribution in [1.82, 2.24) is 4.98 Å². The van der Waals surface area contributed by atoms with Gasteiger partial charge in [0.2, 0.25) is 0 Å². The number of halogens is 1. The SMILES string of the molecule is CC(C)(C)CNc1nc2cc(F)ccc2s1. The molecule has 2 rings (SSSR count). The normalized spacial score (nSPS) is 12.0. The van der Waals surface area contributed by atoms with Crippen molar-refractivity contribution in [2.75, 3.05) is 11.9 Å². The number of thiazole rings is 1. The summed E-state index contributed by atoms with van der Waals surface area (Å²) in [5.74, 6) is -0.236. The highest BCUT2D eigenvalue weighted by molar-refractivity contribution is 7.22. The fraction of sp³-hybridized carbons (Fsp3) is 0.417. The third-order valence-electron chi connectivity index (χ3n) is 2.12. The number of hydrogen-bond acceptors (Lipinski definition) is 3. The van der Waals surface area contributed by atoms with Crippen molar-refractivity contribution in [2.45, 2.75) is 20.8 Å². The number of aromatic nitrogens is 1. The van der Waals surface area contributed by atoms with Crippen LogP contribution in [0.1, 0.15) is 20.8 Å². The topological polar surface area (TPSA) is 24.9 Å². The lowest BCUT2D eigenvalue weighted by Crippen LogP contribution is -2.18. The second kappa shape index (κ2) is 4.01. The highest BCUT2D eigenvalue weighted by Gasteiger charge is 2.11. The molecule has 0 saturated heterocycles. The molecule has 1 N–H and O–H groups in total. The summed E-state index contributed by atoms with van der Waals surface area (Å²) < 4.78 is 14.0. The second-order valence-electron chi connectivity index (χ2n) is 5.05. The fourth-order valence-electron chi connectivity index (χ4n) is 1.32. The number of fused-ring (bicyclic) bond motifs is 1. The second-order valence-corrected chi connectivity index (χ2v) is 6.08. The first-order valence-electron chi connectivity index (χ1n) is 5.24. The van der Waals surface area contributed by atoms with E-state index < -0.39 is 0 Å². The zero-order valence-corrected chi connectivity index (χ0v) is 10.5. The number of hydrogen-bond donors (Lipinski definition) is 1. The van der Waals surface area contributed by atoms with Gasteiger partial charge in [-0.2, -0.15) is 0 Å². The third-order valence-corrected chi connectivity index (χ3v) is 3.11. The zero-order chi connectivity index (χ0) is 11.8. The molecule has 2 nitrogen and oxygen atoms in total. The van der Waals surface area contributed by atoms with Gasteiger partial charge in [-0.15, -0.1) is 0 Å². The molecule has 0 aliphatic heterocycles. The summed E-state index contributed by atoms with van der Waals surface area (Å²) in [4.78, 5) is 4.34. The van der Waals surface area contributed by atoms with Crippen molar-refractivity contribution < 1.29 is 4.39 Å². The fourth-order valence-corrected chi connectivity index (χ4v) is 2.16. The lowest BCUT2D eigenvalue weighted by atomic mass is 9.97. The Bertz CT molecular complexity index is 499. The molecular weight excluding hydrogens is 223 g/mol. The van der Waals surface area contributed by atoms with E-state index in [0.717, 1.165) is 21.9 Å². The Hall–Kier alpha value is -1.16. The van der Waals surface area contributed by atoms with Crippen molar-refractivity contribution in [3.63, 3.8) is 0 Å². The van der Waals surface area contributed by atoms with E-state index in [1.165, 1.54) is 12.1 Å². The molecule has 0 unspecified atom stereocenters. The Morgan fingerprint density at radius 2 is 2.12 bits per heavy atom. The number of nitrogens with zero attached hydrogens (tertiary/aromatic N) is 1. The summed E-state index contributed by atoms with van der Waals surface area (Å²) in [6.07, 6.45) is 0. The van der Waals surface area contributed by atoms with E-state index in [-0.39, 0.29) is 11.2 Å². The largest absolute Gasteiger partial charge is 0.361 e. The molecule has 0 aliphatic carbocycles. The van der Waals surface area contributed by atoms with Gasteiger partial charge in [0.05, 0.1) is 10.2 Å². The molecule has 16 heavy (non-hydrogen) atoms. The first kappa shape index (κ1) is 11.3. The zero-order valence-electron chi connectivity index (χ0n) is 9.67. The molecular formula is C12H15FN2S. The van der Waals surface area contributed by atoms with E-state index in [4.69, 9.17) is 0 Å². The van der Waals surface area contributed by atoms with Crippen LogP contribution in [0.2, 0.25) is 0 Å². The highest BCUT2D eigenvalue weighted by Crippen LogP contribution is 2.27. The average molecular weight is 238 g/mol. The first-order chi connectivity index (χ1) is 7.44. The highest BCUT2D eigenvalue weighted by atomic mass is 32.1. The van der Waals surface area contributed by atoms with Crippen LogP contribution in [-0.2, 0) is 0 Å². The van der Waals surface area contributed by atoms with E-state index in [1.807, 2.05) is 0 Å². The molecule has 0 spiro atoms. The van der Waals surface area contributed by atoms with Gasteiger partial charge in [-0.05, 0) is 17.5 Å². The number of anilines is 1. The monoisotopic (exact) mass is 238 g/mol. The van der Waals surface area contributed by atoms with Crippen molar-refractivity contribution in [3.05, 3.63) is 24.0 Å². The quantitative estimate of drug-likeness (QED) is 0.858. The van der Waals surface area contributed by atoms with Crippen molar-refractivity contribution >= 4 is 26.7 Å². The number of benzene rings is 1. The van der Waals surface area contributed by atoms with Gasteiger partial charge >= 0.3 is 0 Å². The van der Waals surface area contributed by atoms with Gasteiger partial charge in [-0.3, -0.25) is 0 Å². The van der Waals surface area contributed by atoms with Crippen LogP contribution in [0.3, 0.4) is 0 Å². The molecule has 0 amide bonds. The standard InChI is InChI=1S/C12H15FN2S/c1-12(2,3)7-14-11-15-9-6-8(13)4-5-10(9)16-11/h4-6H,7H2,1-3H3,(H,14,15). The van der Waals surface area contributed by atoms with Crippen LogP contribution in [0.5, 0.6) is 0 Å². The Labute approximate surface area is 98.5 Å². The maximum atomic E-state index is 13.0. The Kier molecular flexibility index (Phi) is 2.84. The van der Waals surface area contributed by atoms with E-state index in [0.29, 0.717) is 0 Å². The van der Waals surface area contributed by atoms with E-state index in [9.17, 15) is 4.39 Å². The maximum Gasteiger partial charge on any atom is 0.183 e. The van der Waals surface area contributed by atoms with Crippen LogP contribution in [0.25, 0.3) is 10.2 Å². The lowest BCUT2D eigenvalue weighted by molar-refractivity contribution is 0.443.